The van der Waals surface area contributed by atoms with Crippen LogP contribution in [0.25, 0.3) is 0 Å². The number of ether oxygens (including phenoxy) is 1. The number of carbonyl (C=O) groups is 1. The van der Waals surface area contributed by atoms with Gasteiger partial charge in [0.05, 0.1) is 11.6 Å². The number of nitrogens with zero attached hydrogens (tertiary/aromatic N) is 1. The van der Waals surface area contributed by atoms with Gasteiger partial charge < -0.3 is 9.57 Å². The molecule has 0 aromatic heterocycles. The summed E-state index contributed by atoms with van der Waals surface area (Å²) in [5.41, 5.74) is 1.36. The molecule has 1 heterocycles. The van der Waals surface area contributed by atoms with Crippen molar-refractivity contribution in [1.29, 1.82) is 0 Å². The lowest BCUT2D eigenvalue weighted by molar-refractivity contribution is -0.170. The fourth-order valence-corrected chi connectivity index (χ4v) is 2.49. The molecule has 0 aromatic rings. The van der Waals surface area contributed by atoms with E-state index < -0.39 is 5.60 Å². The van der Waals surface area contributed by atoms with E-state index in [0.717, 1.165) is 18.6 Å². The Morgan fingerprint density at radius 1 is 1.81 bits per heavy atom. The molecule has 0 spiro atoms. The first kappa shape index (κ1) is 11.5. The van der Waals surface area contributed by atoms with Gasteiger partial charge in [0.15, 0.2) is 0 Å². The zero-order chi connectivity index (χ0) is 11.6. The number of rotatable bonds is 3. The molecule has 0 amide bonds. The predicted octanol–water partition coefficient (Wildman–Crippen LogP) is 2.23. The standard InChI is InChI=1S/C11H14ClNO3/c1-8-9-4-2-5-11(9,16-13-8)10(14)15-7-3-6-12/h3,6,9H,2,4-5,7H2,1H3/b6-3+. The van der Waals surface area contributed by atoms with Crippen molar-refractivity contribution in [3.8, 4) is 0 Å². The van der Waals surface area contributed by atoms with Crippen LogP contribution in [-0.2, 0) is 14.4 Å². The summed E-state index contributed by atoms with van der Waals surface area (Å²) in [6.45, 7) is 2.07. The van der Waals surface area contributed by atoms with E-state index in [1.165, 1.54) is 5.54 Å². The van der Waals surface area contributed by atoms with Crippen molar-refractivity contribution in [3.63, 3.8) is 0 Å². The Hall–Kier alpha value is -1.03. The summed E-state index contributed by atoms with van der Waals surface area (Å²) in [7, 11) is 0. The first-order valence-corrected chi connectivity index (χ1v) is 5.79. The van der Waals surface area contributed by atoms with Crippen molar-refractivity contribution < 1.29 is 14.4 Å². The van der Waals surface area contributed by atoms with Gasteiger partial charge in [-0.05, 0) is 25.8 Å². The Morgan fingerprint density at radius 2 is 2.62 bits per heavy atom. The molecule has 0 saturated heterocycles. The van der Waals surface area contributed by atoms with Crippen molar-refractivity contribution in [1.82, 2.24) is 0 Å². The van der Waals surface area contributed by atoms with Crippen LogP contribution in [0.4, 0.5) is 0 Å². The van der Waals surface area contributed by atoms with E-state index >= 15 is 0 Å². The van der Waals surface area contributed by atoms with E-state index in [9.17, 15) is 4.79 Å². The average Bonchev–Trinajstić information content (AvgIpc) is 2.81. The minimum Gasteiger partial charge on any atom is -0.458 e. The van der Waals surface area contributed by atoms with Crippen LogP contribution in [0.15, 0.2) is 16.8 Å². The summed E-state index contributed by atoms with van der Waals surface area (Å²) in [6, 6.07) is 0. The molecule has 2 rings (SSSR count). The monoisotopic (exact) mass is 243 g/mol. The highest BCUT2D eigenvalue weighted by Gasteiger charge is 2.57. The van der Waals surface area contributed by atoms with Gasteiger partial charge in [-0.25, -0.2) is 4.79 Å². The first-order chi connectivity index (χ1) is 7.70. The molecule has 2 unspecified atom stereocenters. The van der Waals surface area contributed by atoms with Gasteiger partial charge in [-0.1, -0.05) is 16.8 Å². The molecule has 0 aromatic carbocycles. The maximum Gasteiger partial charge on any atom is 0.354 e. The fourth-order valence-electron chi connectivity index (χ4n) is 2.41. The number of hydrogen-bond acceptors (Lipinski definition) is 4. The van der Waals surface area contributed by atoms with E-state index in [2.05, 4.69) is 5.16 Å². The molecule has 16 heavy (non-hydrogen) atoms. The van der Waals surface area contributed by atoms with E-state index in [1.54, 1.807) is 6.08 Å². The zero-order valence-electron chi connectivity index (χ0n) is 9.11. The van der Waals surface area contributed by atoms with Gasteiger partial charge in [-0.3, -0.25) is 0 Å². The van der Waals surface area contributed by atoms with Gasteiger partial charge in [0.25, 0.3) is 0 Å². The molecular formula is C11H14ClNO3. The zero-order valence-corrected chi connectivity index (χ0v) is 9.87. The third-order valence-corrected chi connectivity index (χ3v) is 3.38. The Morgan fingerprint density at radius 3 is 3.38 bits per heavy atom. The van der Waals surface area contributed by atoms with E-state index in [1.807, 2.05) is 6.92 Å². The number of carbonyl (C=O) groups excluding carboxylic acids is 1. The molecule has 0 bridgehead atoms. The second kappa shape index (κ2) is 4.45. The van der Waals surface area contributed by atoms with Crippen LogP contribution in [0.1, 0.15) is 26.2 Å². The molecule has 88 valence electrons. The quantitative estimate of drug-likeness (QED) is 0.714. The number of fused-ring (bicyclic) bond motifs is 1. The van der Waals surface area contributed by atoms with Gasteiger partial charge in [-0.2, -0.15) is 0 Å². The molecule has 0 radical (unpaired) electrons. The molecule has 4 nitrogen and oxygen atoms in total. The largest absolute Gasteiger partial charge is 0.458 e. The third kappa shape index (κ3) is 1.71. The second-order valence-electron chi connectivity index (χ2n) is 4.12. The van der Waals surface area contributed by atoms with Crippen LogP contribution in [-0.4, -0.2) is 23.9 Å². The fraction of sp³-hybridized carbons (Fsp3) is 0.636. The van der Waals surface area contributed by atoms with Crippen LogP contribution < -0.4 is 0 Å². The van der Waals surface area contributed by atoms with Crippen molar-refractivity contribution >= 4 is 23.3 Å². The number of halogens is 1. The average molecular weight is 244 g/mol. The lowest BCUT2D eigenvalue weighted by Gasteiger charge is -2.23. The minimum atomic E-state index is -0.857. The van der Waals surface area contributed by atoms with Gasteiger partial charge >= 0.3 is 5.97 Å². The maximum absolute atomic E-state index is 12.0. The predicted molar refractivity (Wildman–Crippen MR) is 60.2 cm³/mol. The molecule has 1 fully saturated rings. The van der Waals surface area contributed by atoms with Crippen LogP contribution in [0.5, 0.6) is 0 Å². The highest BCUT2D eigenvalue weighted by atomic mass is 35.5. The van der Waals surface area contributed by atoms with E-state index in [0.29, 0.717) is 6.42 Å². The SMILES string of the molecule is CC1=NOC2(C(=O)OC/C=C/Cl)CCCC12. The number of hydrogen-bond donors (Lipinski definition) is 0. The summed E-state index contributed by atoms with van der Waals surface area (Å²) in [5.74, 6) is -0.245. The number of oxime groups is 1. The van der Waals surface area contributed by atoms with Crippen molar-refractivity contribution in [2.45, 2.75) is 31.8 Å². The summed E-state index contributed by atoms with van der Waals surface area (Å²) in [5, 5.41) is 3.91. The molecule has 2 aliphatic rings. The van der Waals surface area contributed by atoms with Gasteiger partial charge in [-0.15, -0.1) is 0 Å². The summed E-state index contributed by atoms with van der Waals surface area (Å²) in [4.78, 5) is 17.3. The van der Waals surface area contributed by atoms with E-state index in [-0.39, 0.29) is 18.5 Å². The second-order valence-corrected chi connectivity index (χ2v) is 4.37. The molecule has 0 N–H and O–H groups in total. The highest BCUT2D eigenvalue weighted by molar-refractivity contribution is 6.25. The first-order valence-electron chi connectivity index (χ1n) is 5.36. The molecule has 1 aliphatic carbocycles. The van der Waals surface area contributed by atoms with Gasteiger partial charge in [0, 0.05) is 12.0 Å². The molecule has 1 saturated carbocycles. The van der Waals surface area contributed by atoms with E-state index in [4.69, 9.17) is 21.2 Å². The minimum absolute atomic E-state index is 0.0833. The lowest BCUT2D eigenvalue weighted by atomic mass is 9.88. The summed E-state index contributed by atoms with van der Waals surface area (Å²) >= 11 is 5.35. The van der Waals surface area contributed by atoms with Crippen LogP contribution >= 0.6 is 11.6 Å². The third-order valence-electron chi connectivity index (χ3n) is 3.21. The van der Waals surface area contributed by atoms with Crippen molar-refractivity contribution in [2.24, 2.45) is 11.1 Å². The normalized spacial score (nSPS) is 32.4. The maximum atomic E-state index is 12.0. The molecule has 2 atom stereocenters. The van der Waals surface area contributed by atoms with Crippen molar-refractivity contribution in [2.75, 3.05) is 6.61 Å². The molecular weight excluding hydrogens is 230 g/mol. The molecule has 5 heteroatoms. The van der Waals surface area contributed by atoms with Gasteiger partial charge in [0.2, 0.25) is 5.60 Å². The Bertz CT molecular complexity index is 353. The smallest absolute Gasteiger partial charge is 0.354 e. The topological polar surface area (TPSA) is 47.9 Å². The van der Waals surface area contributed by atoms with Crippen LogP contribution in [0, 0.1) is 5.92 Å². The van der Waals surface area contributed by atoms with Crippen LogP contribution in [0.3, 0.4) is 0 Å². The Labute approximate surface area is 99.2 Å². The molecule has 1 aliphatic heterocycles. The highest BCUT2D eigenvalue weighted by Crippen LogP contribution is 2.44. The number of esters is 1. The lowest BCUT2D eigenvalue weighted by Crippen LogP contribution is -2.43. The summed E-state index contributed by atoms with van der Waals surface area (Å²) < 4.78 is 5.11. The summed E-state index contributed by atoms with van der Waals surface area (Å²) in [6.07, 6.45) is 4.17. The Balaban J connectivity index is 2.05. The van der Waals surface area contributed by atoms with Crippen molar-refractivity contribution in [3.05, 3.63) is 11.6 Å². The Kier molecular flexibility index (Phi) is 3.19. The van der Waals surface area contributed by atoms with Crippen LogP contribution in [0.2, 0.25) is 0 Å². The van der Waals surface area contributed by atoms with Gasteiger partial charge in [0.1, 0.15) is 6.61 Å².